The minimum absolute atomic E-state index is 0.0206. The van der Waals surface area contributed by atoms with E-state index in [0.717, 1.165) is 6.07 Å². The quantitative estimate of drug-likeness (QED) is 0.473. The number of rotatable bonds is 5. The molecular formula is C17H17ClN2O6. The van der Waals surface area contributed by atoms with Crippen LogP contribution >= 0.6 is 11.6 Å². The van der Waals surface area contributed by atoms with E-state index >= 15 is 0 Å². The highest BCUT2D eigenvalue weighted by Crippen LogP contribution is 2.43. The summed E-state index contributed by atoms with van der Waals surface area (Å²) in [5, 5.41) is 11.0. The number of hydrogen-bond donors (Lipinski definition) is 1. The number of carbonyl (C=O) groups excluding carboxylic acids is 2. The predicted octanol–water partition coefficient (Wildman–Crippen LogP) is 2.96. The van der Waals surface area contributed by atoms with Gasteiger partial charge in [0.1, 0.15) is 11.3 Å². The number of nitrogens with zero attached hydrogens (tertiary/aromatic N) is 1. The molecule has 0 aliphatic carbocycles. The molecule has 8 nitrogen and oxygen atoms in total. The predicted molar refractivity (Wildman–Crippen MR) is 93.2 cm³/mol. The van der Waals surface area contributed by atoms with Gasteiger partial charge in [0.05, 0.1) is 22.5 Å². The lowest BCUT2D eigenvalue weighted by Crippen LogP contribution is -2.29. The third kappa shape index (κ3) is 3.55. The third-order valence-electron chi connectivity index (χ3n) is 3.87. The smallest absolute Gasteiger partial charge is 0.340 e. The molecular weight excluding hydrogens is 364 g/mol. The average Bonchev–Trinajstić information content (AvgIpc) is 2.53. The summed E-state index contributed by atoms with van der Waals surface area (Å²) >= 11 is 6.22. The van der Waals surface area contributed by atoms with Crippen molar-refractivity contribution in [2.75, 3.05) is 6.61 Å². The lowest BCUT2D eigenvalue weighted by Gasteiger charge is -2.29. The van der Waals surface area contributed by atoms with Gasteiger partial charge in [-0.3, -0.25) is 14.9 Å². The molecule has 1 atom stereocenters. The molecule has 0 saturated heterocycles. The van der Waals surface area contributed by atoms with Gasteiger partial charge in [0.15, 0.2) is 5.78 Å². The fourth-order valence-electron chi connectivity index (χ4n) is 2.82. The summed E-state index contributed by atoms with van der Waals surface area (Å²) in [5.41, 5.74) is 6.09. The first-order chi connectivity index (χ1) is 12.2. The maximum absolute atomic E-state index is 12.4. The number of benzene rings is 1. The Labute approximate surface area is 154 Å². The van der Waals surface area contributed by atoms with Crippen molar-refractivity contribution in [3.63, 3.8) is 0 Å². The minimum atomic E-state index is -0.950. The Kier molecular flexibility index (Phi) is 5.66. The number of allylic oxidation sites excluding steroid dienone is 2. The number of halogens is 1. The highest BCUT2D eigenvalue weighted by molar-refractivity contribution is 6.32. The van der Waals surface area contributed by atoms with Gasteiger partial charge >= 0.3 is 5.97 Å². The molecule has 1 aromatic rings. The fraction of sp³-hybridized carbons (Fsp3) is 0.294. The second-order valence-electron chi connectivity index (χ2n) is 5.52. The van der Waals surface area contributed by atoms with Crippen molar-refractivity contribution < 1.29 is 24.0 Å². The SMILES string of the molecule is CCOC(=O)C1=C(N)OC(C)=C(C(C)=O)[C@@H]1c1ccc([N+](=O)[O-])cc1Cl. The van der Waals surface area contributed by atoms with Crippen LogP contribution < -0.4 is 5.73 Å². The molecule has 26 heavy (non-hydrogen) atoms. The molecule has 0 bridgehead atoms. The molecule has 0 saturated carbocycles. The van der Waals surface area contributed by atoms with Gasteiger partial charge in [0, 0.05) is 17.7 Å². The second kappa shape index (κ2) is 7.57. The summed E-state index contributed by atoms with van der Waals surface area (Å²) in [6, 6.07) is 3.78. The molecule has 1 aliphatic heterocycles. The number of hydrogen-bond acceptors (Lipinski definition) is 7. The summed E-state index contributed by atoms with van der Waals surface area (Å²) in [4.78, 5) is 35.0. The van der Waals surface area contributed by atoms with Crippen LogP contribution in [0.4, 0.5) is 5.69 Å². The van der Waals surface area contributed by atoms with E-state index in [2.05, 4.69) is 0 Å². The maximum Gasteiger partial charge on any atom is 0.340 e. The highest BCUT2D eigenvalue weighted by atomic mass is 35.5. The standard InChI is InChI=1S/C17H17ClN2O6/c1-4-25-17(22)15-14(13(8(2)21)9(3)26-16(15)19)11-6-5-10(20(23)24)7-12(11)18/h5-7,14H,4,19H2,1-3H3/t14-/m0/s1. The van der Waals surface area contributed by atoms with Crippen LogP contribution in [0.3, 0.4) is 0 Å². The van der Waals surface area contributed by atoms with Crippen LogP contribution in [0.1, 0.15) is 32.3 Å². The molecule has 0 fully saturated rings. The van der Waals surface area contributed by atoms with Crippen LogP contribution in [-0.2, 0) is 19.1 Å². The van der Waals surface area contributed by atoms with Gasteiger partial charge in [-0.2, -0.15) is 0 Å². The monoisotopic (exact) mass is 380 g/mol. The van der Waals surface area contributed by atoms with Crippen molar-refractivity contribution in [2.45, 2.75) is 26.7 Å². The molecule has 2 rings (SSSR count). The van der Waals surface area contributed by atoms with E-state index in [-0.39, 0.29) is 45.9 Å². The molecule has 1 aromatic carbocycles. The number of ether oxygens (including phenoxy) is 2. The lowest BCUT2D eigenvalue weighted by atomic mass is 9.81. The summed E-state index contributed by atoms with van der Waals surface area (Å²) in [6.07, 6.45) is 0. The Hall–Kier alpha value is -2.87. The van der Waals surface area contributed by atoms with E-state index in [0.29, 0.717) is 5.56 Å². The largest absolute Gasteiger partial charge is 0.462 e. The Balaban J connectivity index is 2.71. The van der Waals surface area contributed by atoms with Gasteiger partial charge in [-0.25, -0.2) is 4.79 Å². The molecule has 0 aromatic heterocycles. The lowest BCUT2D eigenvalue weighted by molar-refractivity contribution is -0.384. The molecule has 9 heteroatoms. The highest BCUT2D eigenvalue weighted by Gasteiger charge is 2.39. The zero-order valence-corrected chi connectivity index (χ0v) is 15.1. The second-order valence-corrected chi connectivity index (χ2v) is 5.93. The van der Waals surface area contributed by atoms with E-state index < -0.39 is 16.8 Å². The molecule has 0 radical (unpaired) electrons. The maximum atomic E-state index is 12.4. The Morgan fingerprint density at radius 1 is 1.38 bits per heavy atom. The number of ketones is 1. The number of non-ortho nitro benzene ring substituents is 1. The normalized spacial score (nSPS) is 17.0. The van der Waals surface area contributed by atoms with Crippen LogP contribution in [0.2, 0.25) is 5.02 Å². The Morgan fingerprint density at radius 3 is 2.54 bits per heavy atom. The van der Waals surface area contributed by atoms with Crippen molar-refractivity contribution in [1.29, 1.82) is 0 Å². The molecule has 0 unspecified atom stereocenters. The molecule has 0 amide bonds. The van der Waals surface area contributed by atoms with Gasteiger partial charge in [-0.1, -0.05) is 11.6 Å². The first-order valence-electron chi connectivity index (χ1n) is 7.69. The van der Waals surface area contributed by atoms with Crippen LogP contribution in [0, 0.1) is 10.1 Å². The van der Waals surface area contributed by atoms with Crippen molar-refractivity contribution in [2.24, 2.45) is 5.73 Å². The molecule has 1 heterocycles. The van der Waals surface area contributed by atoms with Gasteiger partial charge < -0.3 is 15.2 Å². The van der Waals surface area contributed by atoms with Gasteiger partial charge in [0.2, 0.25) is 5.88 Å². The number of nitro benzene ring substituents is 1. The molecule has 0 spiro atoms. The van der Waals surface area contributed by atoms with E-state index in [4.69, 9.17) is 26.8 Å². The number of nitrogens with two attached hydrogens (primary N) is 1. The zero-order chi connectivity index (χ0) is 19.6. The number of nitro groups is 1. The average molecular weight is 381 g/mol. The van der Waals surface area contributed by atoms with Crippen LogP contribution in [0.25, 0.3) is 0 Å². The zero-order valence-electron chi connectivity index (χ0n) is 14.4. The molecule has 1 aliphatic rings. The van der Waals surface area contributed by atoms with E-state index in [1.54, 1.807) is 6.92 Å². The topological polar surface area (TPSA) is 122 Å². The van der Waals surface area contributed by atoms with Gasteiger partial charge in [-0.05, 0) is 32.4 Å². The third-order valence-corrected chi connectivity index (χ3v) is 4.19. The van der Waals surface area contributed by atoms with E-state index in [9.17, 15) is 19.7 Å². The van der Waals surface area contributed by atoms with Crippen molar-refractivity contribution in [1.82, 2.24) is 0 Å². The summed E-state index contributed by atoms with van der Waals surface area (Å²) < 4.78 is 10.4. The number of Topliss-reactive ketones (excluding diaryl/α,β-unsaturated/α-hetero) is 1. The minimum Gasteiger partial charge on any atom is -0.462 e. The van der Waals surface area contributed by atoms with E-state index in [1.807, 2.05) is 0 Å². The first-order valence-corrected chi connectivity index (χ1v) is 8.06. The molecule has 138 valence electrons. The summed E-state index contributed by atoms with van der Waals surface area (Å²) in [5.74, 6) is -2.03. The summed E-state index contributed by atoms with van der Waals surface area (Å²) in [7, 11) is 0. The molecule has 2 N–H and O–H groups in total. The van der Waals surface area contributed by atoms with Crippen LogP contribution in [-0.4, -0.2) is 23.3 Å². The van der Waals surface area contributed by atoms with E-state index in [1.165, 1.54) is 26.0 Å². The van der Waals surface area contributed by atoms with Crippen LogP contribution in [0.15, 0.2) is 41.0 Å². The Bertz CT molecular complexity index is 859. The fourth-order valence-corrected chi connectivity index (χ4v) is 3.10. The van der Waals surface area contributed by atoms with Crippen molar-refractivity contribution in [3.8, 4) is 0 Å². The van der Waals surface area contributed by atoms with Gasteiger partial charge in [-0.15, -0.1) is 0 Å². The van der Waals surface area contributed by atoms with Crippen molar-refractivity contribution >= 4 is 29.0 Å². The van der Waals surface area contributed by atoms with Gasteiger partial charge in [0.25, 0.3) is 5.69 Å². The summed E-state index contributed by atoms with van der Waals surface area (Å²) in [6.45, 7) is 4.57. The Morgan fingerprint density at radius 2 is 2.04 bits per heavy atom. The number of esters is 1. The first kappa shape index (κ1) is 19.5. The van der Waals surface area contributed by atoms with Crippen LogP contribution in [0.5, 0.6) is 0 Å². The van der Waals surface area contributed by atoms with Crippen molar-refractivity contribution in [3.05, 3.63) is 61.7 Å². The number of carbonyl (C=O) groups is 2.